The topological polar surface area (TPSA) is 45.5 Å². The smallest absolute Gasteiger partial charge is 0.256 e. The number of hydrogen-bond acceptors (Lipinski definition) is 2. The molecule has 0 saturated heterocycles. The molecule has 2 aromatic carbocycles. The van der Waals surface area contributed by atoms with Crippen molar-refractivity contribution in [1.82, 2.24) is 9.47 Å². The molecule has 1 heterocycles. The van der Waals surface area contributed by atoms with Crippen LogP contribution in [-0.4, -0.2) is 33.6 Å². The van der Waals surface area contributed by atoms with Gasteiger partial charge in [-0.15, -0.1) is 0 Å². The van der Waals surface area contributed by atoms with Crippen molar-refractivity contribution in [2.45, 2.75) is 45.4 Å². The van der Waals surface area contributed by atoms with Crippen molar-refractivity contribution in [3.8, 4) is 0 Å². The average molecular weight is 457 g/mol. The maximum absolute atomic E-state index is 13.5. The molecule has 0 bridgehead atoms. The van der Waals surface area contributed by atoms with Crippen molar-refractivity contribution >= 4 is 29.1 Å². The van der Waals surface area contributed by atoms with Gasteiger partial charge in [-0.3, -0.25) is 4.79 Å². The molecule has 1 N–H and O–H groups in total. The molecule has 6 heteroatoms. The monoisotopic (exact) mass is 456 g/mol. The number of carbonyl (C=O) groups excluding carboxylic acids is 1. The number of carbonyl (C=O) groups is 1. The largest absolute Gasteiger partial charge is 0.390 e. The van der Waals surface area contributed by atoms with Crippen molar-refractivity contribution in [2.75, 3.05) is 7.05 Å². The van der Waals surface area contributed by atoms with Gasteiger partial charge in [0.2, 0.25) is 0 Å². The molecule has 1 aliphatic rings. The number of aromatic nitrogens is 1. The SMILES string of the molecule is Cc1cc(C(=O)N(C)C2c3cc(Cl)cc(Cl)c3CC2O)c(C)n1C(C)c1ccccc1. The van der Waals surface area contributed by atoms with E-state index in [4.69, 9.17) is 23.2 Å². The molecule has 0 aliphatic heterocycles. The van der Waals surface area contributed by atoms with Crippen molar-refractivity contribution < 1.29 is 9.90 Å². The van der Waals surface area contributed by atoms with Gasteiger partial charge < -0.3 is 14.6 Å². The number of halogens is 2. The van der Waals surface area contributed by atoms with Crippen LogP contribution in [0.2, 0.25) is 10.0 Å². The summed E-state index contributed by atoms with van der Waals surface area (Å²) in [5, 5.41) is 11.8. The first-order chi connectivity index (χ1) is 14.7. The maximum atomic E-state index is 13.5. The summed E-state index contributed by atoms with van der Waals surface area (Å²) in [7, 11) is 1.73. The van der Waals surface area contributed by atoms with Gasteiger partial charge in [-0.25, -0.2) is 0 Å². The third kappa shape index (κ3) is 3.78. The van der Waals surface area contributed by atoms with Gasteiger partial charge in [-0.2, -0.15) is 0 Å². The molecular weight excluding hydrogens is 431 g/mol. The van der Waals surface area contributed by atoms with Gasteiger partial charge in [-0.1, -0.05) is 53.5 Å². The lowest BCUT2D eigenvalue weighted by atomic mass is 10.1. The molecule has 1 aromatic heterocycles. The van der Waals surface area contributed by atoms with E-state index in [-0.39, 0.29) is 11.9 Å². The second-order valence-electron chi connectivity index (χ2n) is 8.33. The van der Waals surface area contributed by atoms with Crippen LogP contribution in [0.1, 0.15) is 57.4 Å². The first-order valence-electron chi connectivity index (χ1n) is 10.4. The van der Waals surface area contributed by atoms with Crippen LogP contribution >= 0.6 is 23.2 Å². The third-order valence-corrected chi connectivity index (χ3v) is 6.97. The first kappa shape index (κ1) is 21.9. The Morgan fingerprint density at radius 2 is 1.84 bits per heavy atom. The van der Waals surface area contributed by atoms with Crippen LogP contribution in [0.15, 0.2) is 48.5 Å². The lowest BCUT2D eigenvalue weighted by Crippen LogP contribution is -2.36. The highest BCUT2D eigenvalue weighted by Gasteiger charge is 2.38. The second kappa shape index (κ2) is 8.34. The molecule has 31 heavy (non-hydrogen) atoms. The molecule has 4 rings (SSSR count). The summed E-state index contributed by atoms with van der Waals surface area (Å²) in [5.74, 6) is -0.132. The van der Waals surface area contributed by atoms with E-state index in [9.17, 15) is 9.90 Å². The van der Waals surface area contributed by atoms with Crippen LogP contribution in [-0.2, 0) is 6.42 Å². The molecular formula is C25H26Cl2N2O2. The van der Waals surface area contributed by atoms with Crippen LogP contribution in [0.5, 0.6) is 0 Å². The number of aliphatic hydroxyl groups is 1. The summed E-state index contributed by atoms with van der Waals surface area (Å²) in [5.41, 5.74) is 5.41. The lowest BCUT2D eigenvalue weighted by molar-refractivity contribution is 0.0497. The van der Waals surface area contributed by atoms with Crippen LogP contribution < -0.4 is 0 Å². The van der Waals surface area contributed by atoms with Crippen LogP contribution in [0.25, 0.3) is 0 Å². The number of aliphatic hydroxyl groups excluding tert-OH is 1. The Labute approximate surface area is 193 Å². The molecule has 162 valence electrons. The van der Waals surface area contributed by atoms with Gasteiger partial charge in [0.25, 0.3) is 5.91 Å². The van der Waals surface area contributed by atoms with E-state index in [2.05, 4.69) is 23.6 Å². The first-order valence-corrected chi connectivity index (χ1v) is 11.1. The van der Waals surface area contributed by atoms with Crippen molar-refractivity contribution in [3.63, 3.8) is 0 Å². The summed E-state index contributed by atoms with van der Waals surface area (Å²) in [6, 6.07) is 15.2. The summed E-state index contributed by atoms with van der Waals surface area (Å²) < 4.78 is 2.18. The standard InChI is InChI=1S/C25H26Cl2N2O2/c1-14-10-19(16(3)29(14)15(2)17-8-6-5-7-9-17)25(31)28(4)24-21-11-18(26)12-22(27)20(21)13-23(24)30/h5-12,15,23-24,30H,13H2,1-4H3. The molecule has 3 aromatic rings. The number of hydrogen-bond donors (Lipinski definition) is 1. The third-order valence-electron chi connectivity index (χ3n) is 6.41. The zero-order valence-electron chi connectivity index (χ0n) is 18.1. The van der Waals surface area contributed by atoms with E-state index < -0.39 is 12.1 Å². The molecule has 3 atom stereocenters. The summed E-state index contributed by atoms with van der Waals surface area (Å²) >= 11 is 12.6. The van der Waals surface area contributed by atoms with Crippen LogP contribution in [0, 0.1) is 13.8 Å². The van der Waals surface area contributed by atoms with E-state index >= 15 is 0 Å². The fourth-order valence-electron chi connectivity index (χ4n) is 4.88. The van der Waals surface area contributed by atoms with Gasteiger partial charge >= 0.3 is 0 Å². The van der Waals surface area contributed by atoms with Crippen molar-refractivity contribution in [3.05, 3.63) is 92.2 Å². The van der Waals surface area contributed by atoms with Gasteiger partial charge in [0.05, 0.1) is 23.8 Å². The molecule has 3 unspecified atom stereocenters. The van der Waals surface area contributed by atoms with Gasteiger partial charge in [-0.05, 0) is 55.7 Å². The summed E-state index contributed by atoms with van der Waals surface area (Å²) in [6.07, 6.45) is -0.329. The van der Waals surface area contributed by atoms with Gasteiger partial charge in [0, 0.05) is 34.9 Å². The quantitative estimate of drug-likeness (QED) is 0.542. The number of benzene rings is 2. The van der Waals surface area contributed by atoms with Gasteiger partial charge in [0.1, 0.15) is 0 Å². The maximum Gasteiger partial charge on any atom is 0.256 e. The molecule has 0 radical (unpaired) electrons. The van der Waals surface area contributed by atoms with E-state index in [1.165, 1.54) is 5.56 Å². The van der Waals surface area contributed by atoms with Crippen molar-refractivity contribution in [2.24, 2.45) is 0 Å². The minimum atomic E-state index is -0.730. The highest BCUT2D eigenvalue weighted by Crippen LogP contribution is 2.41. The number of aryl methyl sites for hydroxylation is 1. The molecule has 4 nitrogen and oxygen atoms in total. The fourth-order valence-corrected chi connectivity index (χ4v) is 5.47. The number of amides is 1. The number of likely N-dealkylation sites (N-methyl/N-ethyl adjacent to an activating group) is 1. The number of fused-ring (bicyclic) bond motifs is 1. The highest BCUT2D eigenvalue weighted by atomic mass is 35.5. The Balaban J connectivity index is 1.69. The van der Waals surface area contributed by atoms with Gasteiger partial charge in [0.15, 0.2) is 0 Å². The van der Waals surface area contributed by atoms with E-state index in [0.717, 1.165) is 22.5 Å². The van der Waals surface area contributed by atoms with E-state index in [1.807, 2.05) is 38.1 Å². The Bertz CT molecular complexity index is 1140. The Kier molecular flexibility index (Phi) is 5.91. The Hall–Kier alpha value is -2.27. The second-order valence-corrected chi connectivity index (χ2v) is 9.17. The zero-order chi connectivity index (χ0) is 22.4. The van der Waals surface area contributed by atoms with E-state index in [0.29, 0.717) is 22.0 Å². The summed E-state index contributed by atoms with van der Waals surface area (Å²) in [6.45, 7) is 6.12. The lowest BCUT2D eigenvalue weighted by Gasteiger charge is -2.28. The minimum absolute atomic E-state index is 0.100. The Morgan fingerprint density at radius 3 is 2.52 bits per heavy atom. The zero-order valence-corrected chi connectivity index (χ0v) is 19.6. The highest BCUT2D eigenvalue weighted by molar-refractivity contribution is 6.35. The predicted molar refractivity (Wildman–Crippen MR) is 125 cm³/mol. The predicted octanol–water partition coefficient (Wildman–Crippen LogP) is 5.75. The van der Waals surface area contributed by atoms with Crippen LogP contribution in [0.3, 0.4) is 0 Å². The molecule has 0 saturated carbocycles. The molecule has 0 spiro atoms. The van der Waals surface area contributed by atoms with Crippen molar-refractivity contribution in [1.29, 1.82) is 0 Å². The molecule has 0 fully saturated rings. The average Bonchev–Trinajstić information content (AvgIpc) is 3.22. The molecule has 1 amide bonds. The number of nitrogens with zero attached hydrogens (tertiary/aromatic N) is 2. The normalized spacial score (nSPS) is 18.7. The summed E-state index contributed by atoms with van der Waals surface area (Å²) in [4.78, 5) is 15.2. The Morgan fingerprint density at radius 1 is 1.16 bits per heavy atom. The number of rotatable bonds is 4. The van der Waals surface area contributed by atoms with Crippen LogP contribution in [0.4, 0.5) is 0 Å². The molecule has 1 aliphatic carbocycles. The minimum Gasteiger partial charge on any atom is -0.390 e. The van der Waals surface area contributed by atoms with E-state index in [1.54, 1.807) is 24.1 Å². The fraction of sp³-hybridized carbons (Fsp3) is 0.320.